The fourth-order valence-corrected chi connectivity index (χ4v) is 3.91. The van der Waals surface area contributed by atoms with E-state index in [-0.39, 0.29) is 0 Å². The molecule has 0 amide bonds. The molecule has 1 N–H and O–H groups in total. The van der Waals surface area contributed by atoms with Crippen LogP contribution in [0.4, 0.5) is 0 Å². The summed E-state index contributed by atoms with van der Waals surface area (Å²) in [6.07, 6.45) is 2.12. The fraction of sp³-hybridized carbons (Fsp3) is 0.375. The lowest BCUT2D eigenvalue weighted by atomic mass is 10.00. The van der Waals surface area contributed by atoms with Crippen molar-refractivity contribution in [1.29, 1.82) is 0 Å². The number of aliphatic hydroxyl groups is 1. The molecule has 4 rings (SSSR count). The Labute approximate surface area is 177 Å². The Bertz CT molecular complexity index is 912. The van der Waals surface area contributed by atoms with Gasteiger partial charge in [-0.15, -0.1) is 0 Å². The molecule has 0 bridgehead atoms. The standard InChI is InChI=1S/C24H29N3O3/c1-26(16-22-11-13-30-25-22)14-19-6-8-24(9-7-19)29-18-23(28)17-27-12-10-20-4-2-3-5-21(20)15-27/h2-9,11,13,23,28H,10,12,14-18H2,1H3. The zero-order valence-corrected chi connectivity index (χ0v) is 17.4. The number of β-amino-alcohol motifs (C(OH)–C–C–N with tert-alkyl or cyclic N) is 1. The lowest BCUT2D eigenvalue weighted by Gasteiger charge is -2.30. The van der Waals surface area contributed by atoms with Crippen molar-refractivity contribution in [2.45, 2.75) is 32.2 Å². The summed E-state index contributed by atoms with van der Waals surface area (Å²) in [5.74, 6) is 0.779. The maximum absolute atomic E-state index is 10.4. The van der Waals surface area contributed by atoms with Crippen LogP contribution in [0.5, 0.6) is 5.75 Å². The molecule has 1 unspecified atom stereocenters. The van der Waals surface area contributed by atoms with Crippen molar-refractivity contribution in [3.8, 4) is 5.75 Å². The van der Waals surface area contributed by atoms with E-state index in [4.69, 9.17) is 9.26 Å². The molecule has 30 heavy (non-hydrogen) atoms. The minimum Gasteiger partial charge on any atom is -0.491 e. The molecule has 0 aliphatic carbocycles. The van der Waals surface area contributed by atoms with E-state index in [0.29, 0.717) is 13.2 Å². The molecule has 0 saturated carbocycles. The van der Waals surface area contributed by atoms with E-state index >= 15 is 0 Å². The Morgan fingerprint density at radius 2 is 1.90 bits per heavy atom. The molecule has 0 fully saturated rings. The largest absolute Gasteiger partial charge is 0.491 e. The third-order valence-electron chi connectivity index (χ3n) is 5.42. The monoisotopic (exact) mass is 407 g/mol. The van der Waals surface area contributed by atoms with Crippen LogP contribution >= 0.6 is 0 Å². The lowest BCUT2D eigenvalue weighted by molar-refractivity contribution is 0.0638. The first-order valence-electron chi connectivity index (χ1n) is 10.4. The predicted molar refractivity (Wildman–Crippen MR) is 115 cm³/mol. The average Bonchev–Trinajstić information content (AvgIpc) is 3.26. The minimum atomic E-state index is -0.511. The summed E-state index contributed by atoms with van der Waals surface area (Å²) in [4.78, 5) is 4.47. The second kappa shape index (κ2) is 9.89. The first kappa shape index (κ1) is 20.6. The van der Waals surface area contributed by atoms with Gasteiger partial charge in [-0.05, 0) is 42.3 Å². The SMILES string of the molecule is CN(Cc1ccc(OCC(O)CN2CCc3ccccc3C2)cc1)Cc1ccon1. The number of aliphatic hydroxyl groups excluding tert-OH is 1. The lowest BCUT2D eigenvalue weighted by Crippen LogP contribution is -2.38. The quantitative estimate of drug-likeness (QED) is 0.588. The average molecular weight is 408 g/mol. The van der Waals surface area contributed by atoms with Gasteiger partial charge < -0.3 is 14.4 Å². The van der Waals surface area contributed by atoms with Crippen LogP contribution in [0, 0.1) is 0 Å². The molecular weight excluding hydrogens is 378 g/mol. The van der Waals surface area contributed by atoms with Crippen LogP contribution in [-0.4, -0.2) is 52.9 Å². The highest BCUT2D eigenvalue weighted by atomic mass is 16.5. The van der Waals surface area contributed by atoms with Gasteiger partial charge in [0.1, 0.15) is 24.7 Å². The summed E-state index contributed by atoms with van der Waals surface area (Å²) in [6.45, 7) is 4.34. The van der Waals surface area contributed by atoms with E-state index in [1.807, 2.05) is 18.2 Å². The van der Waals surface area contributed by atoms with Gasteiger partial charge in [-0.1, -0.05) is 41.6 Å². The first-order chi connectivity index (χ1) is 14.7. The summed E-state index contributed by atoms with van der Waals surface area (Å²) in [6, 6.07) is 18.5. The van der Waals surface area contributed by atoms with Crippen molar-refractivity contribution in [3.63, 3.8) is 0 Å². The van der Waals surface area contributed by atoms with Crippen molar-refractivity contribution in [2.24, 2.45) is 0 Å². The van der Waals surface area contributed by atoms with E-state index in [9.17, 15) is 5.11 Å². The zero-order valence-electron chi connectivity index (χ0n) is 17.4. The van der Waals surface area contributed by atoms with Gasteiger partial charge in [-0.25, -0.2) is 0 Å². The third-order valence-corrected chi connectivity index (χ3v) is 5.42. The Kier molecular flexibility index (Phi) is 6.79. The summed E-state index contributed by atoms with van der Waals surface area (Å²) < 4.78 is 10.7. The third kappa shape index (κ3) is 5.69. The molecule has 158 valence electrons. The van der Waals surface area contributed by atoms with Crippen molar-refractivity contribution >= 4 is 0 Å². The number of benzene rings is 2. The van der Waals surface area contributed by atoms with E-state index < -0.39 is 6.10 Å². The molecular formula is C24H29N3O3. The van der Waals surface area contributed by atoms with E-state index in [0.717, 1.165) is 44.0 Å². The maximum atomic E-state index is 10.4. The van der Waals surface area contributed by atoms with Gasteiger partial charge in [0.25, 0.3) is 0 Å². The van der Waals surface area contributed by atoms with Crippen LogP contribution in [0.1, 0.15) is 22.4 Å². The van der Waals surface area contributed by atoms with Gasteiger partial charge in [-0.2, -0.15) is 0 Å². The van der Waals surface area contributed by atoms with Crippen LogP contribution in [0.25, 0.3) is 0 Å². The van der Waals surface area contributed by atoms with E-state index in [1.54, 1.807) is 6.26 Å². The summed E-state index contributed by atoms with van der Waals surface area (Å²) >= 11 is 0. The molecule has 1 atom stereocenters. The van der Waals surface area contributed by atoms with E-state index in [2.05, 4.69) is 58.4 Å². The van der Waals surface area contributed by atoms with Gasteiger partial charge in [0.15, 0.2) is 0 Å². The molecule has 0 saturated heterocycles. The highest BCUT2D eigenvalue weighted by Crippen LogP contribution is 2.19. The summed E-state index contributed by atoms with van der Waals surface area (Å²) in [5.41, 5.74) is 4.90. The number of rotatable bonds is 9. The molecule has 1 aromatic heterocycles. The Hall–Kier alpha value is -2.67. The van der Waals surface area contributed by atoms with Gasteiger partial charge in [0, 0.05) is 38.8 Å². The van der Waals surface area contributed by atoms with Crippen LogP contribution in [0.15, 0.2) is 65.4 Å². The molecule has 1 aliphatic heterocycles. The molecule has 2 aromatic carbocycles. The van der Waals surface area contributed by atoms with E-state index in [1.165, 1.54) is 16.7 Å². The van der Waals surface area contributed by atoms with Crippen LogP contribution < -0.4 is 4.74 Å². The highest BCUT2D eigenvalue weighted by Gasteiger charge is 2.18. The van der Waals surface area contributed by atoms with Crippen LogP contribution in [-0.2, 0) is 26.1 Å². The number of fused-ring (bicyclic) bond motifs is 1. The summed E-state index contributed by atoms with van der Waals surface area (Å²) in [7, 11) is 2.05. The summed E-state index contributed by atoms with van der Waals surface area (Å²) in [5, 5.41) is 14.4. The minimum absolute atomic E-state index is 0.295. The number of nitrogens with zero attached hydrogens (tertiary/aromatic N) is 3. The van der Waals surface area contributed by atoms with Crippen molar-refractivity contribution in [1.82, 2.24) is 15.0 Å². The number of ether oxygens (including phenoxy) is 1. The normalized spacial score (nSPS) is 15.2. The second-order valence-corrected chi connectivity index (χ2v) is 8.03. The smallest absolute Gasteiger partial charge is 0.124 e. The first-order valence-corrected chi connectivity index (χ1v) is 10.4. The van der Waals surface area contributed by atoms with Gasteiger partial charge in [0.2, 0.25) is 0 Å². The van der Waals surface area contributed by atoms with Gasteiger partial charge in [-0.3, -0.25) is 9.80 Å². The topological polar surface area (TPSA) is 62.0 Å². The number of aromatic nitrogens is 1. The Balaban J connectivity index is 1.20. The van der Waals surface area contributed by atoms with Crippen molar-refractivity contribution < 1.29 is 14.4 Å². The van der Waals surface area contributed by atoms with Crippen molar-refractivity contribution in [3.05, 3.63) is 83.2 Å². The van der Waals surface area contributed by atoms with Crippen molar-refractivity contribution in [2.75, 3.05) is 26.7 Å². The number of hydrogen-bond acceptors (Lipinski definition) is 6. The molecule has 0 radical (unpaired) electrons. The van der Waals surface area contributed by atoms with Crippen LogP contribution in [0.2, 0.25) is 0 Å². The van der Waals surface area contributed by atoms with Gasteiger partial charge >= 0.3 is 0 Å². The predicted octanol–water partition coefficient (Wildman–Crippen LogP) is 3.10. The molecule has 0 spiro atoms. The maximum Gasteiger partial charge on any atom is 0.124 e. The molecule has 6 heteroatoms. The van der Waals surface area contributed by atoms with Gasteiger partial charge in [0.05, 0.1) is 5.69 Å². The Morgan fingerprint density at radius 3 is 2.67 bits per heavy atom. The molecule has 3 aromatic rings. The zero-order chi connectivity index (χ0) is 20.8. The fourth-order valence-electron chi connectivity index (χ4n) is 3.91. The number of hydrogen-bond donors (Lipinski definition) is 1. The molecule has 1 aliphatic rings. The van der Waals surface area contributed by atoms with Crippen LogP contribution in [0.3, 0.4) is 0 Å². The molecule has 6 nitrogen and oxygen atoms in total. The Morgan fingerprint density at radius 1 is 1.10 bits per heavy atom. The second-order valence-electron chi connectivity index (χ2n) is 8.03. The highest BCUT2D eigenvalue weighted by molar-refractivity contribution is 5.29. The molecule has 2 heterocycles.